The summed E-state index contributed by atoms with van der Waals surface area (Å²) in [6.45, 7) is 1.35. The highest BCUT2D eigenvalue weighted by Crippen LogP contribution is 2.09. The van der Waals surface area contributed by atoms with Crippen LogP contribution < -0.4 is 5.32 Å². The normalized spacial score (nSPS) is 10.4. The van der Waals surface area contributed by atoms with Gasteiger partial charge in [0.15, 0.2) is 0 Å². The zero-order valence-electron chi connectivity index (χ0n) is 9.72. The molecule has 6 heteroatoms. The Labute approximate surface area is 113 Å². The average molecular weight is 322 g/mol. The lowest BCUT2D eigenvalue weighted by molar-refractivity contribution is -0.120. The summed E-state index contributed by atoms with van der Waals surface area (Å²) >= 11 is 3.20. The Morgan fingerprint density at radius 2 is 2.11 bits per heavy atom. The van der Waals surface area contributed by atoms with Gasteiger partial charge in [-0.2, -0.15) is 0 Å². The van der Waals surface area contributed by atoms with Crippen molar-refractivity contribution < 1.29 is 18.3 Å². The molecule has 1 aromatic carbocycles. The molecule has 0 saturated heterocycles. The molecule has 0 heterocycles. The van der Waals surface area contributed by atoms with E-state index in [4.69, 9.17) is 4.74 Å². The van der Waals surface area contributed by atoms with Gasteiger partial charge in [-0.15, -0.1) is 0 Å². The first-order valence-electron chi connectivity index (χ1n) is 5.48. The second kappa shape index (κ2) is 8.16. The Balaban J connectivity index is 2.31. The van der Waals surface area contributed by atoms with Crippen molar-refractivity contribution in [2.75, 3.05) is 25.1 Å². The fourth-order valence-corrected chi connectivity index (χ4v) is 1.55. The predicted octanol–water partition coefficient (Wildman–Crippen LogP) is 2.04. The Morgan fingerprint density at radius 3 is 2.78 bits per heavy atom. The van der Waals surface area contributed by atoms with Crippen molar-refractivity contribution in [3.63, 3.8) is 0 Å². The van der Waals surface area contributed by atoms with Crippen molar-refractivity contribution in [3.05, 3.63) is 35.4 Å². The van der Waals surface area contributed by atoms with Crippen LogP contribution in [0.15, 0.2) is 18.2 Å². The minimum atomic E-state index is -0.708. The number of alkyl halides is 1. The molecular formula is C12H14BrF2NO2. The van der Waals surface area contributed by atoms with Gasteiger partial charge in [-0.05, 0) is 11.6 Å². The molecule has 18 heavy (non-hydrogen) atoms. The van der Waals surface area contributed by atoms with E-state index in [-0.39, 0.29) is 17.9 Å². The third kappa shape index (κ3) is 5.55. The summed E-state index contributed by atoms with van der Waals surface area (Å²) in [7, 11) is 0. The summed E-state index contributed by atoms with van der Waals surface area (Å²) in [4.78, 5) is 11.4. The monoisotopic (exact) mass is 321 g/mol. The highest BCUT2D eigenvalue weighted by atomic mass is 79.9. The molecule has 1 N–H and O–H groups in total. The number of benzene rings is 1. The van der Waals surface area contributed by atoms with Crippen molar-refractivity contribution in [2.45, 2.75) is 6.42 Å². The van der Waals surface area contributed by atoms with Gasteiger partial charge in [-0.25, -0.2) is 8.78 Å². The van der Waals surface area contributed by atoms with Crippen LogP contribution in [-0.2, 0) is 16.0 Å². The van der Waals surface area contributed by atoms with Crippen molar-refractivity contribution in [2.24, 2.45) is 0 Å². The second-order valence-electron chi connectivity index (χ2n) is 3.56. The molecule has 1 aromatic rings. The SMILES string of the molecule is O=C(Cc1ccc(F)cc1F)NCCOCCBr. The summed E-state index contributed by atoms with van der Waals surface area (Å²) < 4.78 is 31.0. The fourth-order valence-electron chi connectivity index (χ4n) is 1.32. The number of halogens is 3. The molecule has 0 aromatic heterocycles. The third-order valence-corrected chi connectivity index (χ3v) is 2.48. The molecule has 0 saturated carbocycles. The molecule has 100 valence electrons. The van der Waals surface area contributed by atoms with Crippen LogP contribution in [0.5, 0.6) is 0 Å². The Hall–Kier alpha value is -1.01. The smallest absolute Gasteiger partial charge is 0.224 e. The summed E-state index contributed by atoms with van der Waals surface area (Å²) in [6.07, 6.45) is -0.107. The van der Waals surface area contributed by atoms with Gasteiger partial charge in [0, 0.05) is 17.9 Å². The maximum atomic E-state index is 13.2. The lowest BCUT2D eigenvalue weighted by Crippen LogP contribution is -2.29. The average Bonchev–Trinajstić information content (AvgIpc) is 2.32. The molecule has 0 aliphatic rings. The largest absolute Gasteiger partial charge is 0.379 e. The van der Waals surface area contributed by atoms with Crippen LogP contribution in [0.25, 0.3) is 0 Å². The van der Waals surface area contributed by atoms with Crippen LogP contribution in [0.4, 0.5) is 8.78 Å². The van der Waals surface area contributed by atoms with Gasteiger partial charge in [-0.1, -0.05) is 22.0 Å². The maximum Gasteiger partial charge on any atom is 0.224 e. The molecule has 0 radical (unpaired) electrons. The molecular weight excluding hydrogens is 308 g/mol. The zero-order valence-corrected chi connectivity index (χ0v) is 11.3. The number of hydrogen-bond acceptors (Lipinski definition) is 2. The van der Waals surface area contributed by atoms with Crippen molar-refractivity contribution in [1.82, 2.24) is 5.32 Å². The standard InChI is InChI=1S/C12H14BrF2NO2/c13-3-5-18-6-4-16-12(17)7-9-1-2-10(14)8-11(9)15/h1-2,8H,3-7H2,(H,16,17). The first-order chi connectivity index (χ1) is 8.63. The van der Waals surface area contributed by atoms with Crippen LogP contribution >= 0.6 is 15.9 Å². The number of carbonyl (C=O) groups excluding carboxylic acids is 1. The van der Waals surface area contributed by atoms with Gasteiger partial charge < -0.3 is 10.1 Å². The number of nitrogens with one attached hydrogen (secondary N) is 1. The third-order valence-electron chi connectivity index (χ3n) is 2.16. The molecule has 0 unspecified atom stereocenters. The van der Waals surface area contributed by atoms with E-state index in [0.29, 0.717) is 19.8 Å². The Kier molecular flexibility index (Phi) is 6.82. The van der Waals surface area contributed by atoms with Crippen molar-refractivity contribution in [3.8, 4) is 0 Å². The molecule has 0 fully saturated rings. The van der Waals surface area contributed by atoms with Crippen molar-refractivity contribution in [1.29, 1.82) is 0 Å². The topological polar surface area (TPSA) is 38.3 Å². The minimum Gasteiger partial charge on any atom is -0.379 e. The quantitative estimate of drug-likeness (QED) is 0.616. The summed E-state index contributed by atoms with van der Waals surface area (Å²) in [5.41, 5.74) is 0.176. The lowest BCUT2D eigenvalue weighted by atomic mass is 10.1. The van der Waals surface area contributed by atoms with Gasteiger partial charge in [0.2, 0.25) is 5.91 Å². The molecule has 1 rings (SSSR count). The van der Waals surface area contributed by atoms with Crippen molar-refractivity contribution >= 4 is 21.8 Å². The molecule has 0 bridgehead atoms. The summed E-state index contributed by atoms with van der Waals surface area (Å²) in [5, 5.41) is 3.33. The summed E-state index contributed by atoms with van der Waals surface area (Å²) in [6, 6.07) is 3.16. The Morgan fingerprint density at radius 1 is 1.33 bits per heavy atom. The van der Waals surface area contributed by atoms with E-state index < -0.39 is 11.6 Å². The number of hydrogen-bond donors (Lipinski definition) is 1. The van der Waals surface area contributed by atoms with Gasteiger partial charge >= 0.3 is 0 Å². The molecule has 1 amide bonds. The van der Waals surface area contributed by atoms with Crippen LogP contribution in [0.1, 0.15) is 5.56 Å². The number of amides is 1. The fraction of sp³-hybridized carbons (Fsp3) is 0.417. The van der Waals surface area contributed by atoms with Gasteiger partial charge in [0.25, 0.3) is 0 Å². The van der Waals surface area contributed by atoms with E-state index in [1.54, 1.807) is 0 Å². The van der Waals surface area contributed by atoms with E-state index in [1.165, 1.54) is 6.07 Å². The zero-order chi connectivity index (χ0) is 13.4. The van der Waals surface area contributed by atoms with Gasteiger partial charge in [0.1, 0.15) is 11.6 Å². The second-order valence-corrected chi connectivity index (χ2v) is 4.36. The molecule has 3 nitrogen and oxygen atoms in total. The number of ether oxygens (including phenoxy) is 1. The molecule has 0 atom stereocenters. The summed E-state index contributed by atoms with van der Waals surface area (Å²) in [5.74, 6) is -1.68. The highest BCUT2D eigenvalue weighted by Gasteiger charge is 2.08. The van der Waals surface area contributed by atoms with Crippen LogP contribution in [0.3, 0.4) is 0 Å². The Bertz CT molecular complexity index is 402. The van der Waals surface area contributed by atoms with Crippen LogP contribution in [0.2, 0.25) is 0 Å². The van der Waals surface area contributed by atoms with E-state index in [9.17, 15) is 13.6 Å². The first kappa shape index (κ1) is 15.0. The minimum absolute atomic E-state index is 0.107. The highest BCUT2D eigenvalue weighted by molar-refractivity contribution is 9.09. The van der Waals surface area contributed by atoms with E-state index in [1.807, 2.05) is 0 Å². The number of rotatable bonds is 7. The van der Waals surface area contributed by atoms with E-state index in [0.717, 1.165) is 17.5 Å². The first-order valence-corrected chi connectivity index (χ1v) is 6.60. The van der Waals surface area contributed by atoms with Crippen LogP contribution in [-0.4, -0.2) is 31.0 Å². The maximum absolute atomic E-state index is 13.2. The van der Waals surface area contributed by atoms with E-state index in [2.05, 4.69) is 21.2 Å². The predicted molar refractivity (Wildman–Crippen MR) is 67.7 cm³/mol. The molecule has 0 spiro atoms. The van der Waals surface area contributed by atoms with Gasteiger partial charge in [0.05, 0.1) is 19.6 Å². The van der Waals surface area contributed by atoms with Gasteiger partial charge in [-0.3, -0.25) is 4.79 Å². The lowest BCUT2D eigenvalue weighted by Gasteiger charge is -2.06. The molecule has 0 aliphatic carbocycles. The molecule has 0 aliphatic heterocycles. The van der Waals surface area contributed by atoms with E-state index >= 15 is 0 Å². The number of carbonyl (C=O) groups is 1. The van der Waals surface area contributed by atoms with Crippen LogP contribution in [0, 0.1) is 11.6 Å².